The second-order valence-electron chi connectivity index (χ2n) is 23.7. The molecule has 0 atom stereocenters. The molecule has 0 saturated carbocycles. The van der Waals surface area contributed by atoms with Crippen LogP contribution in [0.3, 0.4) is 0 Å². The number of rotatable bonds is 9. The van der Waals surface area contributed by atoms with Gasteiger partial charge in [-0.15, -0.1) is 0 Å². The largest absolute Gasteiger partial charge is 0.310 e. The molecule has 3 heteroatoms. The summed E-state index contributed by atoms with van der Waals surface area (Å²) < 4.78 is 0. The number of para-hydroxylation sites is 3. The highest BCUT2D eigenvalue weighted by atomic mass is 15.2. The Bertz CT molecular complexity index is 5400. The quantitative estimate of drug-likeness (QED) is 0.105. The van der Waals surface area contributed by atoms with Gasteiger partial charge in [-0.05, 0) is 220 Å². The van der Waals surface area contributed by atoms with Crippen molar-refractivity contribution in [3.05, 3.63) is 321 Å². The summed E-state index contributed by atoms with van der Waals surface area (Å²) >= 11 is 0. The van der Waals surface area contributed by atoms with Crippen LogP contribution in [0.4, 0.5) is 51.2 Å². The number of hydrogen-bond acceptors (Lipinski definition) is 3. The van der Waals surface area contributed by atoms with Crippen LogP contribution in [0.2, 0.25) is 0 Å². The van der Waals surface area contributed by atoms with E-state index in [0.29, 0.717) is 0 Å². The third-order valence-electron chi connectivity index (χ3n) is 18.3. The van der Waals surface area contributed by atoms with Crippen LogP contribution in [0.1, 0.15) is 25.0 Å². The molecule has 0 spiro atoms. The van der Waals surface area contributed by atoms with Gasteiger partial charge in [0.05, 0.1) is 11.4 Å². The van der Waals surface area contributed by atoms with E-state index in [4.69, 9.17) is 0 Å². The first-order valence-corrected chi connectivity index (χ1v) is 29.9. The molecule has 0 bridgehead atoms. The van der Waals surface area contributed by atoms with Gasteiger partial charge in [-0.2, -0.15) is 0 Å². The van der Waals surface area contributed by atoms with E-state index in [0.717, 1.165) is 72.7 Å². The molecule has 0 N–H and O–H groups in total. The number of hydrogen-bond donors (Lipinski definition) is 0. The van der Waals surface area contributed by atoms with Gasteiger partial charge in [-0.1, -0.05) is 190 Å². The Balaban J connectivity index is 1.03. The van der Waals surface area contributed by atoms with Crippen molar-refractivity contribution in [2.45, 2.75) is 19.3 Å². The highest BCUT2D eigenvalue weighted by molar-refractivity contribution is 6.25. The standard InChI is InChI=1S/C83H57N3/c1-83(2)79-33-19-18-32-73(79)75-52-77-78(53-80(75)83)81(85(67-28-8-4-9-29-67)70-38-35-61-43-55-21-13-16-24-58(55)46-64(61)49-70)74-41-40-72(84(66-26-6-3-7-27-66)69-37-34-60-42-54-20-12-15-23-57(54)45-63(60)48-69)51-76(74)82(77)86(68-30-10-5-11-31-68)71-39-36-62-44-56-22-14-17-25-59(56)47-65(62)50-71/h3-53H,1-2H3. The van der Waals surface area contributed by atoms with Gasteiger partial charge in [0.25, 0.3) is 0 Å². The van der Waals surface area contributed by atoms with Gasteiger partial charge < -0.3 is 14.7 Å². The average molecular weight is 1100 g/mol. The van der Waals surface area contributed by atoms with Gasteiger partial charge in [-0.3, -0.25) is 0 Å². The Morgan fingerprint density at radius 2 is 0.523 bits per heavy atom. The van der Waals surface area contributed by atoms with Crippen LogP contribution in [0.25, 0.3) is 97.3 Å². The van der Waals surface area contributed by atoms with E-state index in [-0.39, 0.29) is 5.41 Å². The SMILES string of the molecule is CC1(C)c2ccccc2-c2cc3c(N(c4ccccc4)c4ccc5cc6ccccc6cc5c4)c4cc(N(c5ccccc5)c5ccc6cc7ccccc7cc6c5)ccc4c(N(c4ccccc4)c4ccc5cc6ccccc6cc5c4)c3cc21. The topological polar surface area (TPSA) is 9.72 Å². The van der Waals surface area contributed by atoms with Gasteiger partial charge in [-0.25, -0.2) is 0 Å². The van der Waals surface area contributed by atoms with Crippen molar-refractivity contribution in [1.82, 2.24) is 0 Å². The lowest BCUT2D eigenvalue weighted by atomic mass is 9.81. The zero-order chi connectivity index (χ0) is 57.0. The van der Waals surface area contributed by atoms with E-state index in [9.17, 15) is 0 Å². The zero-order valence-corrected chi connectivity index (χ0v) is 47.8. The first kappa shape index (κ1) is 49.6. The summed E-state index contributed by atoms with van der Waals surface area (Å²) in [4.78, 5) is 7.54. The van der Waals surface area contributed by atoms with Crippen molar-refractivity contribution >= 4 is 137 Å². The van der Waals surface area contributed by atoms with Gasteiger partial charge in [0.2, 0.25) is 0 Å². The minimum absolute atomic E-state index is 0.277. The van der Waals surface area contributed by atoms with Crippen molar-refractivity contribution in [2.24, 2.45) is 0 Å². The molecule has 0 aliphatic heterocycles. The Morgan fingerprint density at radius 3 is 0.988 bits per heavy atom. The molecule has 17 rings (SSSR count). The van der Waals surface area contributed by atoms with E-state index < -0.39 is 0 Å². The highest BCUT2D eigenvalue weighted by Crippen LogP contribution is 2.57. The maximum Gasteiger partial charge on any atom is 0.0620 e. The monoisotopic (exact) mass is 1100 g/mol. The fourth-order valence-electron chi connectivity index (χ4n) is 14.2. The first-order chi connectivity index (χ1) is 42.4. The molecule has 0 aromatic heterocycles. The van der Waals surface area contributed by atoms with E-state index in [1.54, 1.807) is 0 Å². The van der Waals surface area contributed by atoms with Crippen molar-refractivity contribution in [3.63, 3.8) is 0 Å². The Labute approximate surface area is 500 Å². The molecule has 0 heterocycles. The third-order valence-corrected chi connectivity index (χ3v) is 18.3. The first-order valence-electron chi connectivity index (χ1n) is 29.9. The number of anilines is 9. The second kappa shape index (κ2) is 19.6. The summed E-state index contributed by atoms with van der Waals surface area (Å²) in [6.07, 6.45) is 0. The maximum atomic E-state index is 2.56. The second-order valence-corrected chi connectivity index (χ2v) is 23.7. The van der Waals surface area contributed by atoms with Crippen molar-refractivity contribution < 1.29 is 0 Å². The molecular weight excluding hydrogens is 1040 g/mol. The van der Waals surface area contributed by atoms with Crippen LogP contribution in [-0.4, -0.2) is 0 Å². The summed E-state index contributed by atoms with van der Waals surface area (Å²) in [5.41, 5.74) is 14.6. The van der Waals surface area contributed by atoms with Crippen molar-refractivity contribution in [3.8, 4) is 11.1 Å². The van der Waals surface area contributed by atoms with E-state index in [1.807, 2.05) is 0 Å². The van der Waals surface area contributed by atoms with E-state index in [1.165, 1.54) is 86.9 Å². The summed E-state index contributed by atoms with van der Waals surface area (Å²) in [5.74, 6) is 0. The zero-order valence-electron chi connectivity index (χ0n) is 47.8. The minimum Gasteiger partial charge on any atom is -0.310 e. The molecule has 16 aromatic rings. The predicted octanol–water partition coefficient (Wildman–Crippen LogP) is 23.6. The number of fused-ring (bicyclic) bond motifs is 11. The summed E-state index contributed by atoms with van der Waals surface area (Å²) in [6, 6.07) is 116. The molecule has 0 saturated heterocycles. The summed E-state index contributed by atoms with van der Waals surface area (Å²) in [7, 11) is 0. The fourth-order valence-corrected chi connectivity index (χ4v) is 14.2. The van der Waals surface area contributed by atoms with E-state index in [2.05, 4.69) is 338 Å². The third kappa shape index (κ3) is 8.04. The normalized spacial score (nSPS) is 12.6. The molecule has 1 aliphatic carbocycles. The molecule has 1 aliphatic rings. The average Bonchev–Trinajstić information content (AvgIpc) is 1.49. The number of nitrogens with zero attached hydrogens (tertiary/aromatic N) is 3. The van der Waals surface area contributed by atoms with Crippen LogP contribution in [0.5, 0.6) is 0 Å². The van der Waals surface area contributed by atoms with Crippen LogP contribution in [-0.2, 0) is 5.41 Å². The molecule has 0 fully saturated rings. The van der Waals surface area contributed by atoms with Crippen LogP contribution in [0.15, 0.2) is 309 Å². The van der Waals surface area contributed by atoms with E-state index >= 15 is 0 Å². The van der Waals surface area contributed by atoms with Crippen LogP contribution < -0.4 is 14.7 Å². The summed E-state index contributed by atoms with van der Waals surface area (Å²) in [6.45, 7) is 4.81. The van der Waals surface area contributed by atoms with Crippen LogP contribution >= 0.6 is 0 Å². The van der Waals surface area contributed by atoms with Gasteiger partial charge in [0.1, 0.15) is 0 Å². The van der Waals surface area contributed by atoms with Crippen molar-refractivity contribution in [1.29, 1.82) is 0 Å². The molecular formula is C83H57N3. The lowest BCUT2D eigenvalue weighted by molar-refractivity contribution is 0.661. The Kier molecular flexibility index (Phi) is 11.3. The lowest BCUT2D eigenvalue weighted by Crippen LogP contribution is -2.17. The maximum absolute atomic E-state index is 2.56. The van der Waals surface area contributed by atoms with Gasteiger partial charge in [0.15, 0.2) is 0 Å². The number of benzene rings is 16. The molecule has 86 heavy (non-hydrogen) atoms. The Morgan fingerprint density at radius 1 is 0.198 bits per heavy atom. The highest BCUT2D eigenvalue weighted by Gasteiger charge is 2.37. The molecule has 0 radical (unpaired) electrons. The van der Waals surface area contributed by atoms with Crippen molar-refractivity contribution in [2.75, 3.05) is 14.7 Å². The molecule has 3 nitrogen and oxygen atoms in total. The Hall–Kier alpha value is -11.0. The predicted molar refractivity (Wildman–Crippen MR) is 368 cm³/mol. The lowest BCUT2D eigenvalue weighted by Gasteiger charge is -2.34. The molecule has 404 valence electrons. The fraction of sp³-hybridized carbons (Fsp3) is 0.0361. The van der Waals surface area contributed by atoms with Gasteiger partial charge >= 0.3 is 0 Å². The minimum atomic E-state index is -0.277. The van der Waals surface area contributed by atoms with Gasteiger partial charge in [0, 0.05) is 66.8 Å². The molecule has 16 aromatic carbocycles. The smallest absolute Gasteiger partial charge is 0.0620 e. The van der Waals surface area contributed by atoms with Crippen LogP contribution in [0, 0.1) is 0 Å². The molecule has 0 amide bonds. The molecule has 0 unspecified atom stereocenters. The summed E-state index contributed by atoms with van der Waals surface area (Å²) in [5, 5.41) is 19.1.